The summed E-state index contributed by atoms with van der Waals surface area (Å²) in [6, 6.07) is 10.7. The third-order valence-electron chi connectivity index (χ3n) is 3.04. The molecule has 1 aromatic carbocycles. The molecule has 0 aliphatic rings. The summed E-state index contributed by atoms with van der Waals surface area (Å²) in [5.74, 6) is 0. The van der Waals surface area contributed by atoms with Crippen molar-refractivity contribution in [1.29, 1.82) is 0 Å². The van der Waals surface area contributed by atoms with Crippen molar-refractivity contribution in [3.05, 3.63) is 51.2 Å². The summed E-state index contributed by atoms with van der Waals surface area (Å²) < 4.78 is 0. The van der Waals surface area contributed by atoms with Gasteiger partial charge in [0.15, 0.2) is 0 Å². The monoisotopic (exact) mass is 260 g/mol. The molecule has 0 bridgehead atoms. The van der Waals surface area contributed by atoms with Gasteiger partial charge < -0.3 is 11.1 Å². The topological polar surface area (TPSA) is 38.0 Å². The van der Waals surface area contributed by atoms with Gasteiger partial charge in [0.25, 0.3) is 0 Å². The van der Waals surface area contributed by atoms with Gasteiger partial charge >= 0.3 is 0 Å². The fourth-order valence-corrected chi connectivity index (χ4v) is 2.76. The van der Waals surface area contributed by atoms with Gasteiger partial charge in [0.1, 0.15) is 0 Å². The van der Waals surface area contributed by atoms with E-state index in [1.807, 2.05) is 24.3 Å². The lowest BCUT2D eigenvalue weighted by atomic mass is 10.1. The highest BCUT2D eigenvalue weighted by Gasteiger charge is 2.00. The number of nitrogens with one attached hydrogen (secondary N) is 1. The standard InChI is InChI=1S/C15H20N2S/c1-3-13-6-7-14(18-13)10-17-9-12-5-4-11(2)15(16)8-12/h4-8,17H,3,9-10,16H2,1-2H3. The predicted molar refractivity (Wildman–Crippen MR) is 79.8 cm³/mol. The van der Waals surface area contributed by atoms with E-state index in [0.29, 0.717) is 0 Å². The normalized spacial score (nSPS) is 10.8. The Hall–Kier alpha value is -1.32. The molecule has 2 rings (SSSR count). The fraction of sp³-hybridized carbons (Fsp3) is 0.333. The summed E-state index contributed by atoms with van der Waals surface area (Å²) in [4.78, 5) is 2.85. The van der Waals surface area contributed by atoms with Gasteiger partial charge in [-0.05, 0) is 42.7 Å². The number of anilines is 1. The van der Waals surface area contributed by atoms with Crippen molar-refractivity contribution < 1.29 is 0 Å². The zero-order valence-corrected chi connectivity index (χ0v) is 11.8. The quantitative estimate of drug-likeness (QED) is 0.808. The van der Waals surface area contributed by atoms with E-state index in [1.54, 1.807) is 0 Å². The summed E-state index contributed by atoms with van der Waals surface area (Å²) in [7, 11) is 0. The van der Waals surface area contributed by atoms with E-state index in [1.165, 1.54) is 15.3 Å². The average Bonchev–Trinajstić information content (AvgIpc) is 2.82. The lowest BCUT2D eigenvalue weighted by molar-refractivity contribution is 0.701. The molecule has 3 N–H and O–H groups in total. The molecule has 0 saturated carbocycles. The largest absolute Gasteiger partial charge is 0.399 e. The van der Waals surface area contributed by atoms with Crippen LogP contribution in [0.1, 0.15) is 27.8 Å². The van der Waals surface area contributed by atoms with Gasteiger partial charge in [0.2, 0.25) is 0 Å². The van der Waals surface area contributed by atoms with Gasteiger partial charge in [-0.1, -0.05) is 19.1 Å². The second-order valence-electron chi connectivity index (χ2n) is 4.52. The number of nitrogens with two attached hydrogens (primary N) is 1. The molecule has 2 nitrogen and oxygen atoms in total. The molecule has 0 amide bonds. The van der Waals surface area contributed by atoms with Crippen molar-refractivity contribution in [1.82, 2.24) is 5.32 Å². The zero-order valence-electron chi connectivity index (χ0n) is 11.0. The number of hydrogen-bond acceptors (Lipinski definition) is 3. The van der Waals surface area contributed by atoms with Crippen LogP contribution in [0, 0.1) is 6.92 Å². The molecule has 0 fully saturated rings. The van der Waals surface area contributed by atoms with Crippen LogP contribution >= 0.6 is 11.3 Å². The van der Waals surface area contributed by atoms with Crippen LogP contribution in [0.5, 0.6) is 0 Å². The maximum atomic E-state index is 5.90. The van der Waals surface area contributed by atoms with Crippen LogP contribution < -0.4 is 11.1 Å². The fourth-order valence-electron chi connectivity index (χ4n) is 1.84. The molecule has 0 atom stereocenters. The summed E-state index contributed by atoms with van der Waals surface area (Å²) in [5, 5.41) is 3.46. The minimum Gasteiger partial charge on any atom is -0.399 e. The first-order valence-corrected chi connectivity index (χ1v) is 7.14. The van der Waals surface area contributed by atoms with Crippen LogP contribution in [-0.2, 0) is 19.5 Å². The Morgan fingerprint density at radius 3 is 2.56 bits per heavy atom. The molecule has 1 heterocycles. The van der Waals surface area contributed by atoms with E-state index >= 15 is 0 Å². The smallest absolute Gasteiger partial charge is 0.0346 e. The first-order valence-electron chi connectivity index (χ1n) is 6.32. The number of benzene rings is 1. The van der Waals surface area contributed by atoms with Crippen LogP contribution in [0.15, 0.2) is 30.3 Å². The molecule has 0 unspecified atom stereocenters. The van der Waals surface area contributed by atoms with Gasteiger partial charge in [-0.15, -0.1) is 11.3 Å². The predicted octanol–water partition coefficient (Wildman–Crippen LogP) is 3.49. The van der Waals surface area contributed by atoms with E-state index in [2.05, 4.69) is 36.5 Å². The number of thiophene rings is 1. The maximum Gasteiger partial charge on any atom is 0.0346 e. The Balaban J connectivity index is 1.86. The van der Waals surface area contributed by atoms with Crippen LogP contribution in [0.3, 0.4) is 0 Å². The molecule has 0 radical (unpaired) electrons. The van der Waals surface area contributed by atoms with Crippen molar-refractivity contribution in [2.45, 2.75) is 33.4 Å². The van der Waals surface area contributed by atoms with Crippen LogP contribution in [-0.4, -0.2) is 0 Å². The van der Waals surface area contributed by atoms with Crippen LogP contribution in [0.25, 0.3) is 0 Å². The second-order valence-corrected chi connectivity index (χ2v) is 5.77. The highest BCUT2D eigenvalue weighted by molar-refractivity contribution is 7.11. The van der Waals surface area contributed by atoms with Crippen molar-refractivity contribution in [2.24, 2.45) is 0 Å². The van der Waals surface area contributed by atoms with E-state index in [4.69, 9.17) is 5.73 Å². The third kappa shape index (κ3) is 3.34. The van der Waals surface area contributed by atoms with E-state index < -0.39 is 0 Å². The number of nitrogen functional groups attached to an aromatic ring is 1. The Bertz CT molecular complexity index is 517. The average molecular weight is 260 g/mol. The number of aryl methyl sites for hydroxylation is 2. The van der Waals surface area contributed by atoms with Gasteiger partial charge in [0, 0.05) is 28.5 Å². The highest BCUT2D eigenvalue weighted by Crippen LogP contribution is 2.17. The van der Waals surface area contributed by atoms with E-state index in [0.717, 1.165) is 30.8 Å². The molecule has 18 heavy (non-hydrogen) atoms. The van der Waals surface area contributed by atoms with Crippen LogP contribution in [0.4, 0.5) is 5.69 Å². The number of rotatable bonds is 5. The first-order chi connectivity index (χ1) is 8.69. The zero-order chi connectivity index (χ0) is 13.0. The second kappa shape index (κ2) is 6.03. The molecule has 2 aromatic rings. The number of hydrogen-bond donors (Lipinski definition) is 2. The van der Waals surface area contributed by atoms with Crippen LogP contribution in [0.2, 0.25) is 0 Å². The van der Waals surface area contributed by atoms with Gasteiger partial charge in [0.05, 0.1) is 0 Å². The Morgan fingerprint density at radius 1 is 1.11 bits per heavy atom. The molecular formula is C15H20N2S. The van der Waals surface area contributed by atoms with Crippen molar-refractivity contribution in [3.8, 4) is 0 Å². The maximum absolute atomic E-state index is 5.90. The molecule has 0 saturated heterocycles. The lowest BCUT2D eigenvalue weighted by Gasteiger charge is -2.06. The molecule has 0 aliphatic carbocycles. The minimum absolute atomic E-state index is 0.865. The first kappa shape index (κ1) is 13.1. The summed E-state index contributed by atoms with van der Waals surface area (Å²) in [5.41, 5.74) is 9.16. The van der Waals surface area contributed by atoms with E-state index in [-0.39, 0.29) is 0 Å². The molecule has 96 valence electrons. The lowest BCUT2D eigenvalue weighted by Crippen LogP contribution is -2.12. The summed E-state index contributed by atoms with van der Waals surface area (Å²) in [6.45, 7) is 6.02. The Kier molecular flexibility index (Phi) is 4.39. The highest BCUT2D eigenvalue weighted by atomic mass is 32.1. The molecule has 0 aliphatic heterocycles. The molecule has 3 heteroatoms. The minimum atomic E-state index is 0.865. The summed E-state index contributed by atoms with van der Waals surface area (Å²) >= 11 is 1.89. The SMILES string of the molecule is CCc1ccc(CNCc2ccc(C)c(N)c2)s1. The van der Waals surface area contributed by atoms with Crippen molar-refractivity contribution in [2.75, 3.05) is 5.73 Å². The van der Waals surface area contributed by atoms with Gasteiger partial charge in [-0.25, -0.2) is 0 Å². The molecule has 1 aromatic heterocycles. The van der Waals surface area contributed by atoms with Crippen molar-refractivity contribution >= 4 is 17.0 Å². The molecule has 0 spiro atoms. The Morgan fingerprint density at radius 2 is 1.89 bits per heavy atom. The molecular weight excluding hydrogens is 240 g/mol. The van der Waals surface area contributed by atoms with Gasteiger partial charge in [-0.3, -0.25) is 0 Å². The summed E-state index contributed by atoms with van der Waals surface area (Å²) in [6.07, 6.45) is 1.12. The Labute approximate surface area is 113 Å². The van der Waals surface area contributed by atoms with Gasteiger partial charge in [-0.2, -0.15) is 0 Å². The third-order valence-corrected chi connectivity index (χ3v) is 4.27. The van der Waals surface area contributed by atoms with Crippen molar-refractivity contribution in [3.63, 3.8) is 0 Å². The van der Waals surface area contributed by atoms with E-state index in [9.17, 15) is 0 Å².